The first kappa shape index (κ1) is 10.8. The smallest absolute Gasteiger partial charge is 0.188 e. The van der Waals surface area contributed by atoms with Crippen molar-refractivity contribution < 1.29 is 18.9 Å². The summed E-state index contributed by atoms with van der Waals surface area (Å²) in [5.41, 5.74) is 0. The Kier molecular flexibility index (Phi) is 4.82. The van der Waals surface area contributed by atoms with Crippen molar-refractivity contribution in [3.63, 3.8) is 0 Å². The summed E-state index contributed by atoms with van der Waals surface area (Å²) in [6.07, 6.45) is 0. The molecule has 0 saturated carbocycles. The maximum atomic E-state index is 5.18. The normalized spacial score (nSPS) is 9.86. The fraction of sp³-hybridized carbons (Fsp3) is 0.400. The van der Waals surface area contributed by atoms with E-state index in [1.807, 2.05) is 6.07 Å². The molecule has 4 heteroatoms. The van der Waals surface area contributed by atoms with Crippen molar-refractivity contribution in [2.24, 2.45) is 0 Å². The molecule has 0 N–H and O–H groups in total. The first-order chi connectivity index (χ1) is 6.86. The number of benzene rings is 1. The predicted octanol–water partition coefficient (Wildman–Crippen LogP) is 1.45. The van der Waals surface area contributed by atoms with E-state index in [-0.39, 0.29) is 13.6 Å². The topological polar surface area (TPSA) is 36.9 Å². The Hall–Kier alpha value is -1.26. The SMILES string of the molecule is COCOc1[c]c(OCOC)ccc1. The van der Waals surface area contributed by atoms with Crippen molar-refractivity contribution in [1.82, 2.24) is 0 Å². The van der Waals surface area contributed by atoms with Crippen LogP contribution in [0.5, 0.6) is 11.5 Å². The van der Waals surface area contributed by atoms with Crippen LogP contribution in [0.2, 0.25) is 0 Å². The lowest BCUT2D eigenvalue weighted by atomic mass is 10.3. The fourth-order valence-corrected chi connectivity index (χ4v) is 0.841. The van der Waals surface area contributed by atoms with Gasteiger partial charge in [0.05, 0.1) is 6.07 Å². The summed E-state index contributed by atoms with van der Waals surface area (Å²) in [6.45, 7) is 0.397. The fourth-order valence-electron chi connectivity index (χ4n) is 0.841. The van der Waals surface area contributed by atoms with Crippen LogP contribution in [0.1, 0.15) is 0 Å². The van der Waals surface area contributed by atoms with Gasteiger partial charge in [-0.2, -0.15) is 0 Å². The van der Waals surface area contributed by atoms with Crippen molar-refractivity contribution in [1.29, 1.82) is 0 Å². The summed E-state index contributed by atoms with van der Waals surface area (Å²) in [4.78, 5) is 0. The maximum Gasteiger partial charge on any atom is 0.188 e. The van der Waals surface area contributed by atoms with Crippen LogP contribution in [0.4, 0.5) is 0 Å². The molecule has 0 unspecified atom stereocenters. The second kappa shape index (κ2) is 6.23. The van der Waals surface area contributed by atoms with E-state index in [0.29, 0.717) is 11.5 Å². The average molecular weight is 197 g/mol. The number of methoxy groups -OCH3 is 2. The molecular weight excluding hydrogens is 184 g/mol. The first-order valence-electron chi connectivity index (χ1n) is 4.12. The molecule has 1 rings (SSSR count). The molecule has 0 spiro atoms. The van der Waals surface area contributed by atoms with E-state index < -0.39 is 0 Å². The quantitative estimate of drug-likeness (QED) is 0.647. The van der Waals surface area contributed by atoms with Crippen LogP contribution in [-0.4, -0.2) is 27.8 Å². The van der Waals surface area contributed by atoms with E-state index in [4.69, 9.17) is 18.9 Å². The Bertz CT molecular complexity index is 239. The third-order valence-electron chi connectivity index (χ3n) is 1.41. The molecule has 0 aliphatic heterocycles. The van der Waals surface area contributed by atoms with Crippen LogP contribution in [0.15, 0.2) is 18.2 Å². The molecule has 0 aliphatic rings. The molecule has 0 amide bonds. The van der Waals surface area contributed by atoms with E-state index in [2.05, 4.69) is 6.07 Å². The van der Waals surface area contributed by atoms with Gasteiger partial charge in [0.1, 0.15) is 11.5 Å². The van der Waals surface area contributed by atoms with Gasteiger partial charge in [0.25, 0.3) is 0 Å². The van der Waals surface area contributed by atoms with E-state index >= 15 is 0 Å². The molecule has 0 saturated heterocycles. The second-order valence-corrected chi connectivity index (χ2v) is 2.48. The van der Waals surface area contributed by atoms with Crippen LogP contribution in [0.3, 0.4) is 0 Å². The minimum Gasteiger partial charge on any atom is -0.467 e. The first-order valence-corrected chi connectivity index (χ1v) is 4.12. The molecular formula is C10H13O4. The number of ether oxygens (including phenoxy) is 4. The molecule has 77 valence electrons. The Labute approximate surface area is 83.3 Å². The van der Waals surface area contributed by atoms with E-state index in [1.165, 1.54) is 0 Å². The second-order valence-electron chi connectivity index (χ2n) is 2.48. The lowest BCUT2D eigenvalue weighted by Crippen LogP contribution is -2.01. The zero-order chi connectivity index (χ0) is 10.2. The largest absolute Gasteiger partial charge is 0.467 e. The van der Waals surface area contributed by atoms with Crippen molar-refractivity contribution in [3.8, 4) is 11.5 Å². The van der Waals surface area contributed by atoms with Gasteiger partial charge < -0.3 is 18.9 Å². The highest BCUT2D eigenvalue weighted by atomic mass is 16.7. The number of hydrogen-bond donors (Lipinski definition) is 0. The zero-order valence-corrected chi connectivity index (χ0v) is 8.28. The molecule has 0 atom stereocenters. The summed E-state index contributed by atoms with van der Waals surface area (Å²) in [5, 5.41) is 0. The summed E-state index contributed by atoms with van der Waals surface area (Å²) in [6, 6.07) is 8.27. The molecule has 0 fully saturated rings. The van der Waals surface area contributed by atoms with Gasteiger partial charge in [0.2, 0.25) is 0 Å². The molecule has 14 heavy (non-hydrogen) atoms. The van der Waals surface area contributed by atoms with Crippen LogP contribution in [-0.2, 0) is 9.47 Å². The minimum atomic E-state index is 0.199. The van der Waals surface area contributed by atoms with Gasteiger partial charge >= 0.3 is 0 Å². The zero-order valence-electron chi connectivity index (χ0n) is 8.28. The summed E-state index contributed by atoms with van der Waals surface area (Å²) < 4.78 is 19.9. The van der Waals surface area contributed by atoms with Gasteiger partial charge in [-0.25, -0.2) is 0 Å². The van der Waals surface area contributed by atoms with E-state index in [0.717, 1.165) is 0 Å². The molecule has 0 aliphatic carbocycles. The molecule has 0 heterocycles. The molecule has 1 aromatic carbocycles. The Morgan fingerprint density at radius 3 is 1.93 bits per heavy atom. The summed E-state index contributed by atoms with van der Waals surface area (Å²) >= 11 is 0. The van der Waals surface area contributed by atoms with Gasteiger partial charge in [-0.1, -0.05) is 6.07 Å². The lowest BCUT2D eigenvalue weighted by molar-refractivity contribution is 0.0457. The standard InChI is InChI=1S/C10H13O4/c1-11-7-13-9-4-3-5-10(6-9)14-8-12-2/h3-5H,7-8H2,1-2H3. The third kappa shape index (κ3) is 3.64. The summed E-state index contributed by atoms with van der Waals surface area (Å²) in [5.74, 6) is 1.17. The minimum absolute atomic E-state index is 0.199. The van der Waals surface area contributed by atoms with Crippen molar-refractivity contribution in [3.05, 3.63) is 24.3 Å². The van der Waals surface area contributed by atoms with E-state index in [9.17, 15) is 0 Å². The average Bonchev–Trinajstić information content (AvgIpc) is 2.24. The molecule has 0 aromatic heterocycles. The maximum absolute atomic E-state index is 5.18. The van der Waals surface area contributed by atoms with Crippen LogP contribution in [0.25, 0.3) is 0 Å². The Morgan fingerprint density at radius 1 is 1.00 bits per heavy atom. The number of hydrogen-bond acceptors (Lipinski definition) is 4. The molecule has 1 radical (unpaired) electrons. The highest BCUT2D eigenvalue weighted by Gasteiger charge is 1.97. The van der Waals surface area contributed by atoms with Gasteiger partial charge in [-0.15, -0.1) is 0 Å². The number of rotatable bonds is 6. The summed E-state index contributed by atoms with van der Waals surface area (Å²) in [7, 11) is 3.12. The molecule has 0 bridgehead atoms. The van der Waals surface area contributed by atoms with Gasteiger partial charge in [-0.3, -0.25) is 0 Å². The Balaban J connectivity index is 2.50. The van der Waals surface area contributed by atoms with Crippen molar-refractivity contribution in [2.75, 3.05) is 27.8 Å². The van der Waals surface area contributed by atoms with Crippen molar-refractivity contribution >= 4 is 0 Å². The monoisotopic (exact) mass is 197 g/mol. The Morgan fingerprint density at radius 2 is 1.50 bits per heavy atom. The molecule has 1 aromatic rings. The van der Waals surface area contributed by atoms with Crippen molar-refractivity contribution in [2.45, 2.75) is 0 Å². The van der Waals surface area contributed by atoms with Gasteiger partial charge in [0, 0.05) is 14.2 Å². The highest BCUT2D eigenvalue weighted by molar-refractivity contribution is 5.30. The van der Waals surface area contributed by atoms with E-state index in [1.54, 1.807) is 26.4 Å². The van der Waals surface area contributed by atoms with Crippen LogP contribution < -0.4 is 9.47 Å². The van der Waals surface area contributed by atoms with Gasteiger partial charge in [-0.05, 0) is 12.1 Å². The predicted molar refractivity (Wildman–Crippen MR) is 50.3 cm³/mol. The lowest BCUT2D eigenvalue weighted by Gasteiger charge is -2.07. The van der Waals surface area contributed by atoms with Crippen LogP contribution in [0, 0.1) is 6.07 Å². The van der Waals surface area contributed by atoms with Crippen LogP contribution >= 0.6 is 0 Å². The third-order valence-corrected chi connectivity index (χ3v) is 1.41. The molecule has 4 nitrogen and oxygen atoms in total. The highest BCUT2D eigenvalue weighted by Crippen LogP contribution is 2.17. The van der Waals surface area contributed by atoms with Gasteiger partial charge in [0.15, 0.2) is 13.6 Å².